The number of nitrogens with zero attached hydrogens (tertiary/aromatic N) is 2. The minimum absolute atomic E-state index is 0.0245. The number of aryl methyl sites for hydroxylation is 1. The number of ether oxygens (including phenoxy) is 1. The second-order valence-electron chi connectivity index (χ2n) is 6.70. The number of hydrogen-bond donors (Lipinski definition) is 1. The number of carbonyl (C=O) groups is 3. The molecular formula is C20H19N3O6. The first-order valence-corrected chi connectivity index (χ1v) is 8.91. The van der Waals surface area contributed by atoms with Crippen molar-refractivity contribution in [2.45, 2.75) is 13.3 Å². The normalized spacial score (nSPS) is 15.8. The minimum atomic E-state index is -0.643. The molecule has 0 saturated carbocycles. The van der Waals surface area contributed by atoms with Gasteiger partial charge in [0.15, 0.2) is 6.61 Å². The molecule has 2 amide bonds. The molecule has 1 N–H and O–H groups in total. The van der Waals surface area contributed by atoms with Crippen molar-refractivity contribution in [1.29, 1.82) is 0 Å². The van der Waals surface area contributed by atoms with Crippen LogP contribution in [0, 0.1) is 23.0 Å². The van der Waals surface area contributed by atoms with Crippen LogP contribution in [0.3, 0.4) is 0 Å². The highest BCUT2D eigenvalue weighted by atomic mass is 16.6. The number of benzene rings is 2. The lowest BCUT2D eigenvalue weighted by atomic mass is 10.1. The van der Waals surface area contributed by atoms with Gasteiger partial charge in [0.05, 0.1) is 10.8 Å². The topological polar surface area (TPSA) is 119 Å². The van der Waals surface area contributed by atoms with E-state index in [9.17, 15) is 24.5 Å². The molecule has 0 spiro atoms. The maximum atomic E-state index is 12.2. The number of amides is 2. The minimum Gasteiger partial charge on any atom is -0.455 e. The highest BCUT2D eigenvalue weighted by molar-refractivity contribution is 6.00. The quantitative estimate of drug-likeness (QED) is 0.454. The van der Waals surface area contributed by atoms with Crippen molar-refractivity contribution in [3.8, 4) is 0 Å². The molecule has 1 unspecified atom stereocenters. The van der Waals surface area contributed by atoms with E-state index in [4.69, 9.17) is 4.74 Å². The van der Waals surface area contributed by atoms with Crippen molar-refractivity contribution in [3.63, 3.8) is 0 Å². The van der Waals surface area contributed by atoms with Crippen LogP contribution in [0.2, 0.25) is 0 Å². The summed E-state index contributed by atoms with van der Waals surface area (Å²) in [6, 6.07) is 12.7. The van der Waals surface area contributed by atoms with Crippen molar-refractivity contribution in [3.05, 3.63) is 64.2 Å². The third kappa shape index (κ3) is 4.95. The molecule has 1 atom stereocenters. The largest absolute Gasteiger partial charge is 0.455 e. The number of nitro groups is 1. The third-order valence-electron chi connectivity index (χ3n) is 4.51. The maximum absolute atomic E-state index is 12.2. The predicted molar refractivity (Wildman–Crippen MR) is 104 cm³/mol. The lowest BCUT2D eigenvalue weighted by Gasteiger charge is -2.16. The second-order valence-corrected chi connectivity index (χ2v) is 6.70. The van der Waals surface area contributed by atoms with Crippen LogP contribution in [0.25, 0.3) is 0 Å². The van der Waals surface area contributed by atoms with Gasteiger partial charge in [0.1, 0.15) is 0 Å². The Morgan fingerprint density at radius 3 is 2.45 bits per heavy atom. The summed E-state index contributed by atoms with van der Waals surface area (Å²) in [5.74, 6) is -2.01. The first-order valence-electron chi connectivity index (χ1n) is 8.91. The van der Waals surface area contributed by atoms with Crippen LogP contribution in [-0.2, 0) is 19.1 Å². The number of carbonyl (C=O) groups excluding carboxylic acids is 3. The lowest BCUT2D eigenvalue weighted by Crippen LogP contribution is -2.28. The molecule has 1 aliphatic rings. The SMILES string of the molecule is Cc1ccc(N2CC(C(=O)OCC(=O)Nc3ccc([N+](=O)[O-])cc3)CC2=O)cc1. The summed E-state index contributed by atoms with van der Waals surface area (Å²) in [7, 11) is 0. The molecule has 9 nitrogen and oxygen atoms in total. The fourth-order valence-corrected chi connectivity index (χ4v) is 2.96. The highest BCUT2D eigenvalue weighted by Gasteiger charge is 2.36. The molecule has 2 aromatic rings. The molecule has 3 rings (SSSR count). The van der Waals surface area contributed by atoms with Gasteiger partial charge >= 0.3 is 5.97 Å². The molecule has 0 radical (unpaired) electrons. The Balaban J connectivity index is 1.50. The molecule has 29 heavy (non-hydrogen) atoms. The van der Waals surface area contributed by atoms with Crippen molar-refractivity contribution < 1.29 is 24.0 Å². The number of rotatable bonds is 6. The van der Waals surface area contributed by atoms with Gasteiger partial charge < -0.3 is 15.0 Å². The second kappa shape index (κ2) is 8.51. The van der Waals surface area contributed by atoms with E-state index in [0.29, 0.717) is 11.4 Å². The number of non-ortho nitro benzene ring substituents is 1. The molecule has 1 saturated heterocycles. The smallest absolute Gasteiger partial charge is 0.311 e. The number of anilines is 2. The average molecular weight is 397 g/mol. The van der Waals surface area contributed by atoms with E-state index >= 15 is 0 Å². The average Bonchev–Trinajstić information content (AvgIpc) is 3.09. The van der Waals surface area contributed by atoms with Gasteiger partial charge in [-0.3, -0.25) is 24.5 Å². The van der Waals surface area contributed by atoms with Crippen LogP contribution < -0.4 is 10.2 Å². The van der Waals surface area contributed by atoms with Crippen molar-refractivity contribution in [1.82, 2.24) is 0 Å². The van der Waals surface area contributed by atoms with Crippen LogP contribution in [0.4, 0.5) is 17.1 Å². The first-order chi connectivity index (χ1) is 13.8. The van der Waals surface area contributed by atoms with Gasteiger partial charge in [-0.2, -0.15) is 0 Å². The van der Waals surface area contributed by atoms with Gasteiger partial charge in [-0.25, -0.2) is 0 Å². The van der Waals surface area contributed by atoms with Crippen LogP contribution in [0.1, 0.15) is 12.0 Å². The molecule has 1 fully saturated rings. The van der Waals surface area contributed by atoms with E-state index in [1.807, 2.05) is 31.2 Å². The number of nitrogens with one attached hydrogen (secondary N) is 1. The Labute approximate surface area is 166 Å². The Hall–Kier alpha value is -3.75. The summed E-state index contributed by atoms with van der Waals surface area (Å²) < 4.78 is 5.04. The number of nitro benzene ring substituents is 1. The van der Waals surface area contributed by atoms with E-state index < -0.39 is 29.3 Å². The van der Waals surface area contributed by atoms with Gasteiger partial charge in [-0.15, -0.1) is 0 Å². The van der Waals surface area contributed by atoms with E-state index in [0.717, 1.165) is 5.56 Å². The molecule has 0 aromatic heterocycles. The maximum Gasteiger partial charge on any atom is 0.311 e. The van der Waals surface area contributed by atoms with Crippen LogP contribution >= 0.6 is 0 Å². The third-order valence-corrected chi connectivity index (χ3v) is 4.51. The van der Waals surface area contributed by atoms with Gasteiger partial charge in [0.2, 0.25) is 5.91 Å². The monoisotopic (exact) mass is 397 g/mol. The summed E-state index contributed by atoms with van der Waals surface area (Å²) in [5, 5.41) is 13.1. The Morgan fingerprint density at radius 1 is 1.17 bits per heavy atom. The summed E-state index contributed by atoms with van der Waals surface area (Å²) in [6.45, 7) is 1.63. The molecular weight excluding hydrogens is 378 g/mol. The zero-order valence-corrected chi connectivity index (χ0v) is 15.7. The molecule has 0 bridgehead atoms. The van der Waals surface area contributed by atoms with Gasteiger partial charge in [-0.1, -0.05) is 17.7 Å². The molecule has 9 heteroatoms. The number of esters is 1. The zero-order valence-electron chi connectivity index (χ0n) is 15.7. The predicted octanol–water partition coefficient (Wildman–Crippen LogP) is 2.44. The van der Waals surface area contributed by atoms with Gasteiger partial charge in [-0.05, 0) is 31.2 Å². The van der Waals surface area contributed by atoms with Crippen LogP contribution in [-0.4, -0.2) is 35.9 Å². The standard InChI is InChI=1S/C20H19N3O6/c1-13-2-6-16(7-3-13)22-11-14(10-19(22)25)20(26)29-12-18(24)21-15-4-8-17(9-5-15)23(27)28/h2-9,14H,10-12H2,1H3,(H,21,24). The zero-order chi connectivity index (χ0) is 21.0. The first kappa shape index (κ1) is 20.0. The highest BCUT2D eigenvalue weighted by Crippen LogP contribution is 2.26. The van der Waals surface area contributed by atoms with Crippen LogP contribution in [0.15, 0.2) is 48.5 Å². The molecule has 1 heterocycles. The molecule has 0 aliphatic carbocycles. The summed E-state index contributed by atoms with van der Waals surface area (Å²) in [5.41, 5.74) is 2.03. The molecule has 2 aromatic carbocycles. The van der Waals surface area contributed by atoms with Crippen LogP contribution in [0.5, 0.6) is 0 Å². The van der Waals surface area contributed by atoms with E-state index in [2.05, 4.69) is 5.32 Å². The number of hydrogen-bond acceptors (Lipinski definition) is 6. The Bertz CT molecular complexity index is 940. The lowest BCUT2D eigenvalue weighted by molar-refractivity contribution is -0.384. The van der Waals surface area contributed by atoms with E-state index in [1.54, 1.807) is 0 Å². The Morgan fingerprint density at radius 2 is 1.83 bits per heavy atom. The summed E-state index contributed by atoms with van der Waals surface area (Å²) >= 11 is 0. The van der Waals surface area contributed by atoms with Crippen molar-refractivity contribution >= 4 is 34.8 Å². The Kier molecular flexibility index (Phi) is 5.87. The fourth-order valence-electron chi connectivity index (χ4n) is 2.96. The van der Waals surface area contributed by atoms with E-state index in [1.165, 1.54) is 29.2 Å². The van der Waals surface area contributed by atoms with Gasteiger partial charge in [0, 0.05) is 36.5 Å². The summed E-state index contributed by atoms with van der Waals surface area (Å²) in [6.07, 6.45) is 0.0245. The van der Waals surface area contributed by atoms with Crippen molar-refractivity contribution in [2.24, 2.45) is 5.92 Å². The fraction of sp³-hybridized carbons (Fsp3) is 0.250. The molecule has 150 valence electrons. The summed E-state index contributed by atoms with van der Waals surface area (Å²) in [4.78, 5) is 48.0. The van der Waals surface area contributed by atoms with E-state index in [-0.39, 0.29) is 24.6 Å². The molecule has 1 aliphatic heterocycles. The van der Waals surface area contributed by atoms with Gasteiger partial charge in [0.25, 0.3) is 11.6 Å². The van der Waals surface area contributed by atoms with Crippen molar-refractivity contribution in [2.75, 3.05) is 23.4 Å².